The second-order valence-electron chi connectivity index (χ2n) is 6.30. The highest BCUT2D eigenvalue weighted by Crippen LogP contribution is 2.38. The van der Waals surface area contributed by atoms with Crippen molar-refractivity contribution in [1.29, 1.82) is 0 Å². The minimum atomic E-state index is 0.412. The molecule has 1 N–H and O–H groups in total. The molecule has 0 radical (unpaired) electrons. The molecular weight excluding hydrogens is 228 g/mol. The van der Waals surface area contributed by atoms with Crippen molar-refractivity contribution in [2.45, 2.75) is 57.4 Å². The maximum Gasteiger partial charge on any atom is 0.157 e. The van der Waals surface area contributed by atoms with Crippen LogP contribution in [0.2, 0.25) is 0 Å². The van der Waals surface area contributed by atoms with Crippen LogP contribution in [-0.4, -0.2) is 23.0 Å². The number of aliphatic imine (C=N–C) groups is 1. The van der Waals surface area contributed by atoms with E-state index in [1.807, 2.05) is 11.8 Å². The van der Waals surface area contributed by atoms with Gasteiger partial charge in [-0.25, -0.2) is 0 Å². The van der Waals surface area contributed by atoms with Crippen molar-refractivity contribution < 1.29 is 0 Å². The zero-order valence-electron chi connectivity index (χ0n) is 10.9. The molecule has 3 aliphatic rings. The van der Waals surface area contributed by atoms with Crippen LogP contribution < -0.4 is 5.32 Å². The molecule has 0 bridgehead atoms. The standard InChI is InChI=1S/C14H24N2S/c1-11-4-7-14(8-5-11)10-17-13(16-14)15-9-6-12-2-3-12/h11-12H,2-10H2,1H3,(H,15,16). The summed E-state index contributed by atoms with van der Waals surface area (Å²) in [6.07, 6.45) is 9.70. The van der Waals surface area contributed by atoms with Crippen molar-refractivity contribution in [3.05, 3.63) is 0 Å². The Morgan fingerprint density at radius 2 is 2.06 bits per heavy atom. The Labute approximate surface area is 109 Å². The number of nitrogens with one attached hydrogen (secondary N) is 1. The van der Waals surface area contributed by atoms with Crippen LogP contribution >= 0.6 is 11.8 Å². The maximum atomic E-state index is 4.74. The molecule has 1 heterocycles. The lowest BCUT2D eigenvalue weighted by molar-refractivity contribution is 0.251. The SMILES string of the molecule is CC1CCC2(CC1)CSC(=NCCC1CC1)N2. The Hall–Kier alpha value is -0.180. The highest BCUT2D eigenvalue weighted by molar-refractivity contribution is 8.14. The number of rotatable bonds is 3. The Morgan fingerprint density at radius 3 is 2.76 bits per heavy atom. The molecule has 0 unspecified atom stereocenters. The fourth-order valence-corrected chi connectivity index (χ4v) is 4.18. The van der Waals surface area contributed by atoms with E-state index in [-0.39, 0.29) is 0 Å². The Morgan fingerprint density at radius 1 is 1.29 bits per heavy atom. The molecule has 3 heteroatoms. The first-order chi connectivity index (χ1) is 8.26. The van der Waals surface area contributed by atoms with E-state index in [0.717, 1.165) is 18.4 Å². The first-order valence-electron chi connectivity index (χ1n) is 7.21. The summed E-state index contributed by atoms with van der Waals surface area (Å²) in [5, 5.41) is 4.97. The molecule has 96 valence electrons. The van der Waals surface area contributed by atoms with Gasteiger partial charge in [-0.2, -0.15) is 0 Å². The summed E-state index contributed by atoms with van der Waals surface area (Å²) in [4.78, 5) is 4.74. The van der Waals surface area contributed by atoms with E-state index in [0.29, 0.717) is 5.54 Å². The molecule has 0 aromatic heterocycles. The molecule has 17 heavy (non-hydrogen) atoms. The van der Waals surface area contributed by atoms with E-state index in [1.165, 1.54) is 55.9 Å². The van der Waals surface area contributed by atoms with E-state index in [4.69, 9.17) is 4.99 Å². The van der Waals surface area contributed by atoms with Gasteiger partial charge in [-0.15, -0.1) is 0 Å². The summed E-state index contributed by atoms with van der Waals surface area (Å²) in [7, 11) is 0. The van der Waals surface area contributed by atoms with Crippen LogP contribution in [0.1, 0.15) is 51.9 Å². The normalized spacial score (nSPS) is 39.8. The fraction of sp³-hybridized carbons (Fsp3) is 0.929. The van der Waals surface area contributed by atoms with E-state index in [1.54, 1.807) is 0 Å². The molecular formula is C14H24N2S. The third kappa shape index (κ3) is 2.98. The molecule has 1 spiro atoms. The molecule has 1 saturated heterocycles. The van der Waals surface area contributed by atoms with Crippen molar-refractivity contribution in [3.8, 4) is 0 Å². The van der Waals surface area contributed by atoms with Gasteiger partial charge in [0.15, 0.2) is 5.17 Å². The zero-order chi connectivity index (χ0) is 11.7. The molecule has 2 aliphatic carbocycles. The van der Waals surface area contributed by atoms with Gasteiger partial charge in [0.05, 0.1) is 0 Å². The van der Waals surface area contributed by atoms with Crippen molar-refractivity contribution in [1.82, 2.24) is 5.32 Å². The van der Waals surface area contributed by atoms with Gasteiger partial charge in [0.2, 0.25) is 0 Å². The highest BCUT2D eigenvalue weighted by Gasteiger charge is 2.39. The zero-order valence-corrected chi connectivity index (χ0v) is 11.7. The predicted molar refractivity (Wildman–Crippen MR) is 75.6 cm³/mol. The third-order valence-corrected chi connectivity index (χ3v) is 5.78. The van der Waals surface area contributed by atoms with Gasteiger partial charge in [-0.05, 0) is 43.9 Å². The van der Waals surface area contributed by atoms with E-state index in [9.17, 15) is 0 Å². The van der Waals surface area contributed by atoms with Crippen LogP contribution in [0.5, 0.6) is 0 Å². The van der Waals surface area contributed by atoms with Crippen molar-refractivity contribution in [2.75, 3.05) is 12.3 Å². The lowest BCUT2D eigenvalue weighted by Gasteiger charge is -2.35. The number of amidine groups is 1. The Kier molecular flexibility index (Phi) is 3.38. The van der Waals surface area contributed by atoms with Crippen LogP contribution in [-0.2, 0) is 0 Å². The lowest BCUT2D eigenvalue weighted by atomic mass is 9.78. The second kappa shape index (κ2) is 4.83. The molecule has 2 saturated carbocycles. The molecule has 3 rings (SSSR count). The molecule has 0 atom stereocenters. The predicted octanol–water partition coefficient (Wildman–Crippen LogP) is 3.43. The average molecular weight is 252 g/mol. The maximum absolute atomic E-state index is 4.74. The molecule has 0 aromatic carbocycles. The number of hydrogen-bond donors (Lipinski definition) is 1. The van der Waals surface area contributed by atoms with Gasteiger partial charge in [-0.3, -0.25) is 4.99 Å². The number of thioether (sulfide) groups is 1. The topological polar surface area (TPSA) is 24.4 Å². The minimum absolute atomic E-state index is 0.412. The van der Waals surface area contributed by atoms with Crippen LogP contribution in [0.15, 0.2) is 4.99 Å². The summed E-state index contributed by atoms with van der Waals surface area (Å²) >= 11 is 1.96. The largest absolute Gasteiger partial charge is 0.359 e. The Balaban J connectivity index is 1.49. The van der Waals surface area contributed by atoms with Crippen molar-refractivity contribution in [3.63, 3.8) is 0 Å². The van der Waals surface area contributed by atoms with Gasteiger partial charge in [0, 0.05) is 17.8 Å². The van der Waals surface area contributed by atoms with Crippen LogP contribution in [0.3, 0.4) is 0 Å². The first-order valence-corrected chi connectivity index (χ1v) is 8.20. The van der Waals surface area contributed by atoms with Crippen LogP contribution in [0.4, 0.5) is 0 Å². The molecule has 0 amide bonds. The lowest BCUT2D eigenvalue weighted by Crippen LogP contribution is -2.46. The van der Waals surface area contributed by atoms with Crippen molar-refractivity contribution >= 4 is 16.9 Å². The van der Waals surface area contributed by atoms with Gasteiger partial charge < -0.3 is 5.32 Å². The smallest absolute Gasteiger partial charge is 0.157 e. The molecule has 2 nitrogen and oxygen atoms in total. The van der Waals surface area contributed by atoms with Crippen molar-refractivity contribution in [2.24, 2.45) is 16.8 Å². The molecule has 1 aliphatic heterocycles. The van der Waals surface area contributed by atoms with E-state index >= 15 is 0 Å². The summed E-state index contributed by atoms with van der Waals surface area (Å²) in [5.74, 6) is 3.20. The third-order valence-electron chi connectivity index (χ3n) is 4.58. The monoisotopic (exact) mass is 252 g/mol. The van der Waals surface area contributed by atoms with Gasteiger partial charge in [0.25, 0.3) is 0 Å². The number of hydrogen-bond acceptors (Lipinski definition) is 2. The van der Waals surface area contributed by atoms with E-state index < -0.39 is 0 Å². The van der Waals surface area contributed by atoms with Crippen LogP contribution in [0, 0.1) is 11.8 Å². The minimum Gasteiger partial charge on any atom is -0.359 e. The number of nitrogens with zero attached hydrogens (tertiary/aromatic N) is 1. The van der Waals surface area contributed by atoms with Gasteiger partial charge >= 0.3 is 0 Å². The first kappa shape index (κ1) is 11.9. The highest BCUT2D eigenvalue weighted by atomic mass is 32.2. The summed E-state index contributed by atoms with van der Waals surface area (Å²) in [5.41, 5.74) is 0.412. The molecule has 3 fully saturated rings. The summed E-state index contributed by atoms with van der Waals surface area (Å²) < 4.78 is 0. The van der Waals surface area contributed by atoms with Gasteiger partial charge in [0.1, 0.15) is 0 Å². The summed E-state index contributed by atoms with van der Waals surface area (Å²) in [6.45, 7) is 3.44. The fourth-order valence-electron chi connectivity index (χ4n) is 2.93. The second-order valence-corrected chi connectivity index (χ2v) is 7.26. The molecule has 0 aromatic rings. The van der Waals surface area contributed by atoms with Crippen LogP contribution in [0.25, 0.3) is 0 Å². The van der Waals surface area contributed by atoms with Gasteiger partial charge in [-0.1, -0.05) is 31.5 Å². The average Bonchev–Trinajstić information content (AvgIpc) is 3.06. The Bertz CT molecular complexity index is 301. The summed E-state index contributed by atoms with van der Waals surface area (Å²) in [6, 6.07) is 0. The van der Waals surface area contributed by atoms with E-state index in [2.05, 4.69) is 12.2 Å². The quantitative estimate of drug-likeness (QED) is 0.832.